The Hall–Kier alpha value is -2.61. The number of aryl methyl sites for hydroxylation is 1. The Balaban J connectivity index is 1.46. The molecule has 3 aromatic rings. The summed E-state index contributed by atoms with van der Waals surface area (Å²) in [5.74, 6) is 1.12. The number of benzene rings is 3. The van der Waals surface area contributed by atoms with Gasteiger partial charge in [-0.1, -0.05) is 48.4 Å². The van der Waals surface area contributed by atoms with Crippen LogP contribution >= 0.6 is 0 Å². The summed E-state index contributed by atoms with van der Waals surface area (Å²) in [6, 6.07) is 16.9. The number of nitrogens with zero attached hydrogens (tertiary/aromatic N) is 1. The molecule has 1 aliphatic carbocycles. The molecule has 2 aliphatic heterocycles. The number of hydrogen-bond donors (Lipinski definition) is 1. The maximum absolute atomic E-state index is 13.3. The van der Waals surface area contributed by atoms with Gasteiger partial charge in [0.2, 0.25) is 0 Å². The van der Waals surface area contributed by atoms with Crippen LogP contribution in [0.1, 0.15) is 42.7 Å². The molecule has 1 saturated heterocycles. The zero-order chi connectivity index (χ0) is 23.3. The molecule has 178 valence electrons. The average Bonchev–Trinajstić information content (AvgIpc) is 3.21. The maximum Gasteiger partial charge on any atom is 0.261 e. The van der Waals surface area contributed by atoms with Gasteiger partial charge in [-0.25, -0.2) is 8.42 Å². The third kappa shape index (κ3) is 3.49. The summed E-state index contributed by atoms with van der Waals surface area (Å²) in [6.07, 6.45) is 4.29. The second-order valence-electron chi connectivity index (χ2n) is 9.65. The molecule has 3 aromatic carbocycles. The first-order valence-electron chi connectivity index (χ1n) is 12.1. The van der Waals surface area contributed by atoms with Crippen LogP contribution in [0.25, 0.3) is 10.8 Å². The standard InChI is InChI=1S/C27H30N2O4S/c1-19-9-11-20(12-10-19)34(30,31)28-25-18-23-24-8-4-5-13-27(24,29-14-16-32-17-15-29)33-26(23)22-7-3-2-6-21(22)25/h2-3,6-7,9-12,18,24,28H,4-5,8,13-17H2,1H3/t24-,27+/m1/s1. The van der Waals surface area contributed by atoms with Gasteiger partial charge in [0.1, 0.15) is 5.75 Å². The normalized spacial score (nSPS) is 24.9. The van der Waals surface area contributed by atoms with Gasteiger partial charge >= 0.3 is 0 Å². The quantitative estimate of drug-likeness (QED) is 0.570. The number of sulfonamides is 1. The smallest absolute Gasteiger partial charge is 0.261 e. The Bertz CT molecular complexity index is 1330. The molecule has 6 nitrogen and oxygen atoms in total. The summed E-state index contributed by atoms with van der Waals surface area (Å²) in [5.41, 5.74) is 2.38. The summed E-state index contributed by atoms with van der Waals surface area (Å²) >= 11 is 0. The summed E-state index contributed by atoms with van der Waals surface area (Å²) < 4.78 is 42.0. The van der Waals surface area contributed by atoms with Gasteiger partial charge in [-0.3, -0.25) is 9.62 Å². The number of morpholine rings is 1. The summed E-state index contributed by atoms with van der Waals surface area (Å²) in [6.45, 7) is 5.10. The van der Waals surface area contributed by atoms with E-state index in [0.717, 1.165) is 79.6 Å². The summed E-state index contributed by atoms with van der Waals surface area (Å²) in [5, 5.41) is 1.82. The van der Waals surface area contributed by atoms with Gasteiger partial charge in [-0.05, 0) is 38.0 Å². The van der Waals surface area contributed by atoms with Gasteiger partial charge in [0.25, 0.3) is 10.0 Å². The maximum atomic E-state index is 13.3. The van der Waals surface area contributed by atoms with Gasteiger partial charge in [0.15, 0.2) is 5.72 Å². The highest BCUT2D eigenvalue weighted by Gasteiger charge is 2.54. The highest BCUT2D eigenvalue weighted by molar-refractivity contribution is 7.92. The van der Waals surface area contributed by atoms with E-state index in [4.69, 9.17) is 9.47 Å². The van der Waals surface area contributed by atoms with E-state index in [1.54, 1.807) is 12.1 Å². The fourth-order valence-corrected chi connectivity index (χ4v) is 7.03. The minimum Gasteiger partial charge on any atom is -0.471 e. The lowest BCUT2D eigenvalue weighted by Crippen LogP contribution is -2.59. The largest absolute Gasteiger partial charge is 0.471 e. The fourth-order valence-electron chi connectivity index (χ4n) is 5.96. The van der Waals surface area contributed by atoms with Crippen LogP contribution in [0.5, 0.6) is 5.75 Å². The average molecular weight is 479 g/mol. The molecule has 3 aliphatic rings. The molecule has 0 amide bonds. The Labute approximate surface area is 200 Å². The van der Waals surface area contributed by atoms with Crippen molar-refractivity contribution >= 4 is 26.5 Å². The lowest BCUT2D eigenvalue weighted by molar-refractivity contribution is -0.138. The predicted molar refractivity (Wildman–Crippen MR) is 133 cm³/mol. The lowest BCUT2D eigenvalue weighted by atomic mass is 9.77. The molecule has 0 unspecified atom stereocenters. The molecule has 0 aromatic heterocycles. The Morgan fingerprint density at radius 1 is 1.00 bits per heavy atom. The number of nitrogens with one attached hydrogen (secondary N) is 1. The van der Waals surface area contributed by atoms with E-state index in [2.05, 4.69) is 9.62 Å². The van der Waals surface area contributed by atoms with E-state index in [-0.39, 0.29) is 16.5 Å². The lowest BCUT2D eigenvalue weighted by Gasteiger charge is -2.47. The summed E-state index contributed by atoms with van der Waals surface area (Å²) in [4.78, 5) is 2.73. The van der Waals surface area contributed by atoms with Crippen molar-refractivity contribution in [2.75, 3.05) is 31.0 Å². The van der Waals surface area contributed by atoms with Crippen molar-refractivity contribution in [2.45, 2.75) is 49.1 Å². The van der Waals surface area contributed by atoms with Crippen LogP contribution in [0.2, 0.25) is 0 Å². The third-order valence-electron chi connectivity index (χ3n) is 7.62. The van der Waals surface area contributed by atoms with E-state index in [1.165, 1.54) is 0 Å². The Kier molecular flexibility index (Phi) is 5.32. The number of anilines is 1. The molecule has 34 heavy (non-hydrogen) atoms. The number of ether oxygens (including phenoxy) is 2. The van der Waals surface area contributed by atoms with Crippen molar-refractivity contribution in [3.8, 4) is 5.75 Å². The summed E-state index contributed by atoms with van der Waals surface area (Å²) in [7, 11) is -3.72. The van der Waals surface area contributed by atoms with Crippen LogP contribution in [-0.4, -0.2) is 45.3 Å². The van der Waals surface area contributed by atoms with Gasteiger partial charge < -0.3 is 9.47 Å². The molecule has 2 fully saturated rings. The van der Waals surface area contributed by atoms with Crippen LogP contribution in [-0.2, 0) is 14.8 Å². The Morgan fingerprint density at radius 2 is 1.74 bits per heavy atom. The highest BCUT2D eigenvalue weighted by Crippen LogP contribution is 2.57. The van der Waals surface area contributed by atoms with Gasteiger partial charge in [-0.15, -0.1) is 0 Å². The van der Waals surface area contributed by atoms with Crippen molar-refractivity contribution < 1.29 is 17.9 Å². The number of fused-ring (bicyclic) bond motifs is 5. The molecule has 2 heterocycles. The van der Waals surface area contributed by atoms with Gasteiger partial charge in [0.05, 0.1) is 23.8 Å². The van der Waals surface area contributed by atoms with E-state index in [0.29, 0.717) is 5.69 Å². The molecule has 1 saturated carbocycles. The van der Waals surface area contributed by atoms with Crippen LogP contribution in [0.4, 0.5) is 5.69 Å². The van der Waals surface area contributed by atoms with Crippen LogP contribution in [0, 0.1) is 6.92 Å². The van der Waals surface area contributed by atoms with Crippen molar-refractivity contribution in [3.63, 3.8) is 0 Å². The van der Waals surface area contributed by atoms with Gasteiger partial charge in [0, 0.05) is 41.8 Å². The first kappa shape index (κ1) is 21.9. The second kappa shape index (κ2) is 8.26. The second-order valence-corrected chi connectivity index (χ2v) is 11.3. The Morgan fingerprint density at radius 3 is 2.50 bits per heavy atom. The minimum absolute atomic E-state index is 0.210. The SMILES string of the molecule is Cc1ccc(S(=O)(=O)Nc2cc3c(c4ccccc24)O[C@@]2(N4CCOCC4)CCCC[C@H]32)cc1. The monoisotopic (exact) mass is 478 g/mol. The number of hydrogen-bond acceptors (Lipinski definition) is 5. The molecule has 0 spiro atoms. The molecule has 0 bridgehead atoms. The van der Waals surface area contributed by atoms with Crippen molar-refractivity contribution in [1.82, 2.24) is 4.90 Å². The van der Waals surface area contributed by atoms with E-state index in [1.807, 2.05) is 49.4 Å². The molecular weight excluding hydrogens is 448 g/mol. The van der Waals surface area contributed by atoms with Crippen LogP contribution < -0.4 is 9.46 Å². The molecule has 1 N–H and O–H groups in total. The highest BCUT2D eigenvalue weighted by atomic mass is 32.2. The molecule has 7 heteroatoms. The van der Waals surface area contributed by atoms with Crippen LogP contribution in [0.3, 0.4) is 0 Å². The van der Waals surface area contributed by atoms with E-state index in [9.17, 15) is 8.42 Å². The first-order valence-corrected chi connectivity index (χ1v) is 13.6. The van der Waals surface area contributed by atoms with Crippen molar-refractivity contribution in [3.05, 3.63) is 65.7 Å². The predicted octanol–water partition coefficient (Wildman–Crippen LogP) is 5.03. The molecule has 6 rings (SSSR count). The van der Waals surface area contributed by atoms with Crippen LogP contribution in [0.15, 0.2) is 59.5 Å². The molecule has 2 atom stereocenters. The van der Waals surface area contributed by atoms with Crippen molar-refractivity contribution in [2.24, 2.45) is 0 Å². The number of rotatable bonds is 4. The zero-order valence-corrected chi connectivity index (χ0v) is 20.2. The fraction of sp³-hybridized carbons (Fsp3) is 0.407. The molecule has 0 radical (unpaired) electrons. The zero-order valence-electron chi connectivity index (χ0n) is 19.4. The minimum atomic E-state index is -3.72. The van der Waals surface area contributed by atoms with E-state index >= 15 is 0 Å². The first-order chi connectivity index (χ1) is 16.5. The van der Waals surface area contributed by atoms with Gasteiger partial charge in [-0.2, -0.15) is 0 Å². The molecular formula is C27H30N2O4S. The van der Waals surface area contributed by atoms with Crippen molar-refractivity contribution in [1.29, 1.82) is 0 Å². The van der Waals surface area contributed by atoms with E-state index < -0.39 is 10.0 Å². The third-order valence-corrected chi connectivity index (χ3v) is 9.00. The topological polar surface area (TPSA) is 67.9 Å².